The van der Waals surface area contributed by atoms with Crippen molar-refractivity contribution in [1.29, 1.82) is 0 Å². The second kappa shape index (κ2) is 7.21. The van der Waals surface area contributed by atoms with Gasteiger partial charge in [-0.25, -0.2) is 0 Å². The molecule has 0 unspecified atom stereocenters. The summed E-state index contributed by atoms with van der Waals surface area (Å²) in [6.45, 7) is 3.88. The standard InChI is InChI=1S/C25H24O4/c1-25(2)28-23-21(26-17-11-5-3-6-12-17)19-15-9-10-16-20(19)22(24(23)29-25)27-18-13-7-4-8-14-18/h3-16,21-24H,1-2H3/t21-,22+,23+,24-. The van der Waals surface area contributed by atoms with Gasteiger partial charge in [-0.2, -0.15) is 0 Å². The highest BCUT2D eigenvalue weighted by atomic mass is 16.8. The van der Waals surface area contributed by atoms with Crippen LogP contribution in [0.2, 0.25) is 0 Å². The lowest BCUT2D eigenvalue weighted by Crippen LogP contribution is -2.43. The summed E-state index contributed by atoms with van der Waals surface area (Å²) in [6, 6.07) is 27.9. The maximum absolute atomic E-state index is 6.43. The van der Waals surface area contributed by atoms with E-state index in [1.165, 1.54) is 0 Å². The van der Waals surface area contributed by atoms with Crippen LogP contribution >= 0.6 is 0 Å². The van der Waals surface area contributed by atoms with Gasteiger partial charge in [-0.3, -0.25) is 0 Å². The van der Waals surface area contributed by atoms with Crippen LogP contribution in [0.3, 0.4) is 0 Å². The van der Waals surface area contributed by atoms with E-state index in [0.29, 0.717) is 0 Å². The quantitative estimate of drug-likeness (QED) is 0.595. The fourth-order valence-corrected chi connectivity index (χ4v) is 4.22. The van der Waals surface area contributed by atoms with Gasteiger partial charge in [-0.15, -0.1) is 0 Å². The first-order chi connectivity index (χ1) is 14.1. The predicted molar refractivity (Wildman–Crippen MR) is 110 cm³/mol. The molecule has 0 bridgehead atoms. The number of hydrogen-bond acceptors (Lipinski definition) is 4. The molecule has 0 aromatic heterocycles. The summed E-state index contributed by atoms with van der Waals surface area (Å²) in [7, 11) is 0. The van der Waals surface area contributed by atoms with Crippen molar-refractivity contribution in [2.24, 2.45) is 0 Å². The average Bonchev–Trinajstić information content (AvgIpc) is 3.07. The van der Waals surface area contributed by atoms with Gasteiger partial charge in [0.05, 0.1) is 0 Å². The zero-order chi connectivity index (χ0) is 19.8. The first-order valence-electron chi connectivity index (χ1n) is 9.99. The monoisotopic (exact) mass is 388 g/mol. The van der Waals surface area contributed by atoms with Gasteiger partial charge >= 0.3 is 0 Å². The Kier molecular flexibility index (Phi) is 4.53. The Labute approximate surface area is 171 Å². The first-order valence-corrected chi connectivity index (χ1v) is 9.99. The largest absolute Gasteiger partial charge is 0.483 e. The topological polar surface area (TPSA) is 36.9 Å². The molecule has 5 rings (SSSR count). The van der Waals surface area contributed by atoms with Crippen LogP contribution in [0.25, 0.3) is 0 Å². The third-order valence-electron chi connectivity index (χ3n) is 5.38. The van der Waals surface area contributed by atoms with Crippen LogP contribution in [0.1, 0.15) is 37.2 Å². The molecule has 1 aliphatic heterocycles. The second-order valence-corrected chi connectivity index (χ2v) is 7.90. The molecule has 148 valence electrons. The van der Waals surface area contributed by atoms with Gasteiger partial charge < -0.3 is 18.9 Å². The number of benzene rings is 3. The molecule has 4 nitrogen and oxygen atoms in total. The summed E-state index contributed by atoms with van der Waals surface area (Å²) < 4.78 is 25.5. The molecule has 1 aliphatic carbocycles. The van der Waals surface area contributed by atoms with E-state index >= 15 is 0 Å². The molecular weight excluding hydrogens is 364 g/mol. The van der Waals surface area contributed by atoms with Crippen molar-refractivity contribution in [2.75, 3.05) is 0 Å². The molecule has 2 aliphatic rings. The van der Waals surface area contributed by atoms with E-state index in [2.05, 4.69) is 12.1 Å². The molecule has 0 N–H and O–H groups in total. The fourth-order valence-electron chi connectivity index (χ4n) is 4.22. The lowest BCUT2D eigenvalue weighted by molar-refractivity contribution is -0.157. The zero-order valence-corrected chi connectivity index (χ0v) is 16.5. The van der Waals surface area contributed by atoms with Crippen molar-refractivity contribution < 1.29 is 18.9 Å². The van der Waals surface area contributed by atoms with Gasteiger partial charge in [0.1, 0.15) is 23.7 Å². The minimum absolute atomic E-state index is 0.281. The Morgan fingerprint density at radius 2 is 0.966 bits per heavy atom. The Hall–Kier alpha value is -2.82. The third-order valence-corrected chi connectivity index (χ3v) is 5.38. The highest BCUT2D eigenvalue weighted by molar-refractivity contribution is 5.39. The predicted octanol–water partition coefficient (Wildman–Crippen LogP) is 5.46. The summed E-state index contributed by atoms with van der Waals surface area (Å²) in [5.74, 6) is 0.900. The molecule has 1 fully saturated rings. The minimum atomic E-state index is -0.714. The number of rotatable bonds is 4. The second-order valence-electron chi connectivity index (χ2n) is 7.90. The van der Waals surface area contributed by atoms with Gasteiger partial charge in [-0.1, -0.05) is 60.7 Å². The normalized spacial score (nSPS) is 27.0. The van der Waals surface area contributed by atoms with E-state index in [-0.39, 0.29) is 24.4 Å². The van der Waals surface area contributed by atoms with E-state index in [0.717, 1.165) is 22.6 Å². The average molecular weight is 388 g/mol. The van der Waals surface area contributed by atoms with E-state index in [1.807, 2.05) is 86.6 Å². The molecular formula is C25H24O4. The number of para-hydroxylation sites is 2. The number of ether oxygens (including phenoxy) is 4. The van der Waals surface area contributed by atoms with Gasteiger partial charge in [0.2, 0.25) is 0 Å². The van der Waals surface area contributed by atoms with Gasteiger partial charge in [0, 0.05) is 11.1 Å². The third kappa shape index (κ3) is 3.50. The number of hydrogen-bond donors (Lipinski definition) is 0. The van der Waals surface area contributed by atoms with E-state index in [4.69, 9.17) is 18.9 Å². The fraction of sp³-hybridized carbons (Fsp3) is 0.280. The molecule has 3 aromatic rings. The smallest absolute Gasteiger partial charge is 0.164 e. The molecule has 0 radical (unpaired) electrons. The number of fused-ring (bicyclic) bond motifs is 2. The maximum atomic E-state index is 6.43. The molecule has 1 saturated heterocycles. The van der Waals surface area contributed by atoms with Crippen LogP contribution in [0, 0.1) is 0 Å². The summed E-state index contributed by atoms with van der Waals surface area (Å²) >= 11 is 0. The molecule has 1 heterocycles. The van der Waals surface area contributed by atoms with Crippen LogP contribution in [-0.2, 0) is 9.47 Å². The molecule has 4 atom stereocenters. The van der Waals surface area contributed by atoms with Crippen molar-refractivity contribution >= 4 is 0 Å². The summed E-state index contributed by atoms with van der Waals surface area (Å²) in [5.41, 5.74) is 2.14. The van der Waals surface area contributed by atoms with Crippen molar-refractivity contribution in [1.82, 2.24) is 0 Å². The van der Waals surface area contributed by atoms with Crippen molar-refractivity contribution in [3.8, 4) is 11.5 Å². The Balaban J connectivity index is 1.57. The van der Waals surface area contributed by atoms with Crippen molar-refractivity contribution in [2.45, 2.75) is 44.1 Å². The Morgan fingerprint density at radius 3 is 1.38 bits per heavy atom. The minimum Gasteiger partial charge on any atom is -0.483 e. The van der Waals surface area contributed by atoms with Crippen LogP contribution in [0.5, 0.6) is 11.5 Å². The van der Waals surface area contributed by atoms with E-state index < -0.39 is 5.79 Å². The van der Waals surface area contributed by atoms with Crippen LogP contribution in [0.4, 0.5) is 0 Å². The van der Waals surface area contributed by atoms with Crippen molar-refractivity contribution in [3.63, 3.8) is 0 Å². The lowest BCUT2D eigenvalue weighted by atomic mass is 9.83. The van der Waals surface area contributed by atoms with Crippen LogP contribution in [0.15, 0.2) is 84.9 Å². The molecule has 29 heavy (non-hydrogen) atoms. The molecule has 4 heteroatoms. The van der Waals surface area contributed by atoms with Crippen LogP contribution in [-0.4, -0.2) is 18.0 Å². The Morgan fingerprint density at radius 1 is 0.586 bits per heavy atom. The first kappa shape index (κ1) is 18.2. The molecule has 3 aromatic carbocycles. The van der Waals surface area contributed by atoms with Gasteiger partial charge in [-0.05, 0) is 38.1 Å². The van der Waals surface area contributed by atoms with Crippen molar-refractivity contribution in [3.05, 3.63) is 96.1 Å². The highest BCUT2D eigenvalue weighted by Crippen LogP contribution is 2.49. The van der Waals surface area contributed by atoms with E-state index in [9.17, 15) is 0 Å². The molecule has 0 spiro atoms. The van der Waals surface area contributed by atoms with E-state index in [1.54, 1.807) is 0 Å². The molecule has 0 saturated carbocycles. The summed E-state index contributed by atoms with van der Waals surface area (Å²) in [5, 5.41) is 0. The maximum Gasteiger partial charge on any atom is 0.164 e. The summed E-state index contributed by atoms with van der Waals surface area (Å²) in [4.78, 5) is 0. The summed E-state index contributed by atoms with van der Waals surface area (Å²) in [6.07, 6.45) is -1.13. The SMILES string of the molecule is CC1(C)O[C@@H]2[C@H](O1)[C@@H](Oc1ccccc1)c1ccccc1[C@H]2Oc1ccccc1. The zero-order valence-electron chi connectivity index (χ0n) is 16.5. The molecule has 0 amide bonds. The van der Waals surface area contributed by atoms with Gasteiger partial charge in [0.15, 0.2) is 18.0 Å². The lowest BCUT2D eigenvalue weighted by Gasteiger charge is -2.38. The highest BCUT2D eigenvalue weighted by Gasteiger charge is 2.55. The Bertz CT molecular complexity index is 892. The van der Waals surface area contributed by atoms with Crippen LogP contribution < -0.4 is 9.47 Å². The van der Waals surface area contributed by atoms with Gasteiger partial charge in [0.25, 0.3) is 0 Å².